The summed E-state index contributed by atoms with van der Waals surface area (Å²) < 4.78 is 0.927. The molecule has 17 heavy (non-hydrogen) atoms. The zero-order valence-corrected chi connectivity index (χ0v) is 12.6. The van der Waals surface area contributed by atoms with E-state index < -0.39 is 0 Å². The van der Waals surface area contributed by atoms with Crippen molar-refractivity contribution in [1.29, 1.82) is 0 Å². The fraction of sp³-hybridized carbons (Fsp3) is 0.615. The first-order valence-corrected chi connectivity index (χ1v) is 7.29. The lowest BCUT2D eigenvalue weighted by Gasteiger charge is -2.35. The highest BCUT2D eigenvalue weighted by Crippen LogP contribution is 2.32. The summed E-state index contributed by atoms with van der Waals surface area (Å²) in [4.78, 5) is 6.67. The van der Waals surface area contributed by atoms with Crippen molar-refractivity contribution in [2.24, 2.45) is 5.92 Å². The van der Waals surface area contributed by atoms with Crippen LogP contribution in [0.15, 0.2) is 16.7 Å². The molecule has 2 unspecified atom stereocenters. The number of aromatic nitrogens is 1. The van der Waals surface area contributed by atoms with Crippen LogP contribution in [-0.2, 0) is 0 Å². The van der Waals surface area contributed by atoms with Gasteiger partial charge >= 0.3 is 0 Å². The van der Waals surface area contributed by atoms with Crippen molar-refractivity contribution in [1.82, 2.24) is 4.98 Å². The van der Waals surface area contributed by atoms with Gasteiger partial charge in [0.25, 0.3) is 0 Å². The summed E-state index contributed by atoms with van der Waals surface area (Å²) in [5.41, 5.74) is 0. The van der Waals surface area contributed by atoms with Crippen LogP contribution < -0.4 is 4.90 Å². The molecule has 1 heterocycles. The van der Waals surface area contributed by atoms with E-state index in [2.05, 4.69) is 39.8 Å². The number of halogens is 2. The van der Waals surface area contributed by atoms with E-state index in [1.54, 1.807) is 0 Å². The van der Waals surface area contributed by atoms with Crippen molar-refractivity contribution in [2.45, 2.75) is 38.6 Å². The average molecular weight is 318 g/mol. The second-order valence-corrected chi connectivity index (χ2v) is 6.32. The first kappa shape index (κ1) is 13.2. The van der Waals surface area contributed by atoms with Crippen LogP contribution in [0.2, 0.25) is 5.02 Å². The van der Waals surface area contributed by atoms with Gasteiger partial charge in [0.05, 0.1) is 5.02 Å². The predicted octanol–water partition coefficient (Wildman–Crippen LogP) is 4.51. The zero-order valence-electron chi connectivity index (χ0n) is 10.3. The molecule has 0 aliphatic heterocycles. The van der Waals surface area contributed by atoms with E-state index in [-0.39, 0.29) is 0 Å². The molecule has 4 heteroatoms. The Bertz CT molecular complexity index is 397. The topological polar surface area (TPSA) is 16.1 Å². The third-order valence-corrected chi connectivity index (χ3v) is 4.29. The summed E-state index contributed by atoms with van der Waals surface area (Å²) in [6, 6.07) is 2.48. The highest BCUT2D eigenvalue weighted by molar-refractivity contribution is 9.10. The minimum atomic E-state index is 0.574. The summed E-state index contributed by atoms with van der Waals surface area (Å²) in [6.45, 7) is 2.33. The van der Waals surface area contributed by atoms with Crippen molar-refractivity contribution in [3.63, 3.8) is 0 Å². The highest BCUT2D eigenvalue weighted by atomic mass is 79.9. The molecular weight excluding hydrogens is 300 g/mol. The molecule has 1 fully saturated rings. The summed E-state index contributed by atoms with van der Waals surface area (Å²) in [7, 11) is 2.10. The van der Waals surface area contributed by atoms with E-state index in [0.717, 1.165) is 21.2 Å². The molecule has 0 saturated heterocycles. The molecule has 1 aliphatic carbocycles. The number of rotatable bonds is 2. The number of nitrogens with zero attached hydrogens (tertiary/aromatic N) is 2. The number of anilines is 1. The summed E-state index contributed by atoms with van der Waals surface area (Å²) in [6.07, 6.45) is 6.96. The molecule has 1 aromatic rings. The maximum absolute atomic E-state index is 6.25. The first-order chi connectivity index (χ1) is 8.08. The highest BCUT2D eigenvalue weighted by Gasteiger charge is 2.24. The van der Waals surface area contributed by atoms with Gasteiger partial charge in [-0.05, 0) is 40.8 Å². The molecule has 0 N–H and O–H groups in total. The monoisotopic (exact) mass is 316 g/mol. The van der Waals surface area contributed by atoms with E-state index in [1.807, 2.05) is 12.3 Å². The third kappa shape index (κ3) is 3.14. The molecule has 2 atom stereocenters. The molecule has 2 rings (SSSR count). The van der Waals surface area contributed by atoms with Crippen LogP contribution in [-0.4, -0.2) is 18.1 Å². The van der Waals surface area contributed by atoms with Gasteiger partial charge in [-0.25, -0.2) is 4.98 Å². The molecule has 1 aromatic heterocycles. The van der Waals surface area contributed by atoms with Gasteiger partial charge in [0, 0.05) is 23.8 Å². The SMILES string of the molecule is CC1CCCC(N(C)c2ncc(Br)cc2Cl)C1. The largest absolute Gasteiger partial charge is 0.355 e. The van der Waals surface area contributed by atoms with Crippen molar-refractivity contribution in [3.8, 4) is 0 Å². The fourth-order valence-electron chi connectivity index (χ4n) is 2.59. The molecule has 0 spiro atoms. The van der Waals surface area contributed by atoms with Crippen LogP contribution in [0.5, 0.6) is 0 Å². The van der Waals surface area contributed by atoms with Gasteiger partial charge < -0.3 is 4.90 Å². The fourth-order valence-corrected chi connectivity index (χ4v) is 3.36. The summed E-state index contributed by atoms with van der Waals surface area (Å²) >= 11 is 9.63. The van der Waals surface area contributed by atoms with Crippen LogP contribution in [0.25, 0.3) is 0 Å². The Hall–Kier alpha value is -0.280. The van der Waals surface area contributed by atoms with Crippen molar-refractivity contribution in [3.05, 3.63) is 21.8 Å². The van der Waals surface area contributed by atoms with Gasteiger partial charge in [-0.15, -0.1) is 0 Å². The lowest BCUT2D eigenvalue weighted by atomic mass is 9.86. The number of pyridine rings is 1. The van der Waals surface area contributed by atoms with Crippen LogP contribution in [0.3, 0.4) is 0 Å². The minimum Gasteiger partial charge on any atom is -0.355 e. The Morgan fingerprint density at radius 3 is 2.88 bits per heavy atom. The lowest BCUT2D eigenvalue weighted by molar-refractivity contribution is 0.335. The number of hydrogen-bond donors (Lipinski definition) is 0. The minimum absolute atomic E-state index is 0.574. The maximum atomic E-state index is 6.25. The van der Waals surface area contributed by atoms with Gasteiger partial charge in [0.15, 0.2) is 0 Å². The molecule has 0 radical (unpaired) electrons. The van der Waals surface area contributed by atoms with Gasteiger partial charge in [0.1, 0.15) is 5.82 Å². The summed E-state index contributed by atoms with van der Waals surface area (Å²) in [5.74, 6) is 1.71. The Labute approximate surface area is 116 Å². The smallest absolute Gasteiger partial charge is 0.147 e. The Kier molecular flexibility index (Phi) is 4.31. The third-order valence-electron chi connectivity index (χ3n) is 3.58. The van der Waals surface area contributed by atoms with E-state index in [4.69, 9.17) is 11.6 Å². The predicted molar refractivity (Wildman–Crippen MR) is 76.8 cm³/mol. The van der Waals surface area contributed by atoms with E-state index in [0.29, 0.717) is 6.04 Å². The van der Waals surface area contributed by atoms with E-state index >= 15 is 0 Å². The summed E-state index contributed by atoms with van der Waals surface area (Å²) in [5, 5.41) is 0.722. The van der Waals surface area contributed by atoms with Crippen LogP contribution in [0.1, 0.15) is 32.6 Å². The van der Waals surface area contributed by atoms with Crippen LogP contribution in [0.4, 0.5) is 5.82 Å². The van der Waals surface area contributed by atoms with Crippen LogP contribution in [0, 0.1) is 5.92 Å². The Balaban J connectivity index is 2.15. The average Bonchev–Trinajstić information content (AvgIpc) is 2.28. The first-order valence-electron chi connectivity index (χ1n) is 6.12. The van der Waals surface area contributed by atoms with Gasteiger partial charge in [-0.2, -0.15) is 0 Å². The second kappa shape index (κ2) is 5.57. The Morgan fingerprint density at radius 2 is 2.24 bits per heavy atom. The molecule has 94 valence electrons. The van der Waals surface area contributed by atoms with Gasteiger partial charge in [-0.3, -0.25) is 0 Å². The van der Waals surface area contributed by atoms with Gasteiger partial charge in [0.2, 0.25) is 0 Å². The molecular formula is C13H18BrClN2. The van der Waals surface area contributed by atoms with Crippen LogP contribution >= 0.6 is 27.5 Å². The standard InChI is InChI=1S/C13H18BrClN2/c1-9-4-3-5-11(6-9)17(2)13-12(15)7-10(14)8-16-13/h7-9,11H,3-6H2,1-2H3. The van der Waals surface area contributed by atoms with Crippen molar-refractivity contribution < 1.29 is 0 Å². The molecule has 1 saturated carbocycles. The normalized spacial score (nSPS) is 24.7. The van der Waals surface area contributed by atoms with E-state index in [9.17, 15) is 0 Å². The van der Waals surface area contributed by atoms with Crippen molar-refractivity contribution >= 4 is 33.3 Å². The van der Waals surface area contributed by atoms with Gasteiger partial charge in [-0.1, -0.05) is 31.4 Å². The molecule has 2 nitrogen and oxygen atoms in total. The number of hydrogen-bond acceptors (Lipinski definition) is 2. The van der Waals surface area contributed by atoms with E-state index in [1.165, 1.54) is 25.7 Å². The maximum Gasteiger partial charge on any atom is 0.147 e. The molecule has 0 aromatic carbocycles. The second-order valence-electron chi connectivity index (χ2n) is 5.00. The molecule has 0 bridgehead atoms. The van der Waals surface area contributed by atoms with Crippen molar-refractivity contribution in [2.75, 3.05) is 11.9 Å². The zero-order chi connectivity index (χ0) is 12.4. The Morgan fingerprint density at radius 1 is 1.47 bits per heavy atom. The molecule has 1 aliphatic rings. The quantitative estimate of drug-likeness (QED) is 0.797. The lowest BCUT2D eigenvalue weighted by Crippen LogP contribution is -2.36. The molecule has 0 amide bonds.